The first-order valence-electron chi connectivity index (χ1n) is 5.42. The van der Waals surface area contributed by atoms with Crippen LogP contribution in [0.1, 0.15) is 23.7 Å². The van der Waals surface area contributed by atoms with Gasteiger partial charge in [0.25, 0.3) is 5.91 Å². The SMILES string of the molecule is CC[C@@H](O)CNC(=O)c1ccccc1NC. The van der Waals surface area contributed by atoms with Crippen molar-refractivity contribution in [2.75, 3.05) is 18.9 Å². The van der Waals surface area contributed by atoms with Gasteiger partial charge in [0.05, 0.1) is 11.7 Å². The molecular formula is C12H18N2O2. The van der Waals surface area contributed by atoms with Crippen LogP contribution in [0.3, 0.4) is 0 Å². The predicted molar refractivity (Wildman–Crippen MR) is 64.6 cm³/mol. The van der Waals surface area contributed by atoms with Gasteiger partial charge in [0.1, 0.15) is 0 Å². The molecule has 3 N–H and O–H groups in total. The van der Waals surface area contributed by atoms with Gasteiger partial charge in [-0.05, 0) is 18.6 Å². The number of aliphatic hydroxyl groups is 1. The first kappa shape index (κ1) is 12.5. The molecule has 0 saturated heterocycles. The minimum Gasteiger partial charge on any atom is -0.391 e. The Morgan fingerprint density at radius 1 is 1.44 bits per heavy atom. The van der Waals surface area contributed by atoms with Crippen LogP contribution in [0.25, 0.3) is 0 Å². The highest BCUT2D eigenvalue weighted by Gasteiger charge is 2.10. The fourth-order valence-electron chi connectivity index (χ4n) is 1.35. The van der Waals surface area contributed by atoms with Crippen molar-refractivity contribution >= 4 is 11.6 Å². The molecule has 1 amide bonds. The van der Waals surface area contributed by atoms with Crippen molar-refractivity contribution in [1.29, 1.82) is 0 Å². The van der Waals surface area contributed by atoms with Crippen LogP contribution in [0.4, 0.5) is 5.69 Å². The van der Waals surface area contributed by atoms with Gasteiger partial charge in [-0.1, -0.05) is 19.1 Å². The minimum atomic E-state index is -0.481. The lowest BCUT2D eigenvalue weighted by Crippen LogP contribution is -2.32. The molecule has 0 heterocycles. The lowest BCUT2D eigenvalue weighted by Gasteiger charge is -2.11. The fraction of sp³-hybridized carbons (Fsp3) is 0.417. The zero-order valence-electron chi connectivity index (χ0n) is 9.66. The Hall–Kier alpha value is -1.55. The molecule has 0 aliphatic rings. The predicted octanol–water partition coefficient (Wildman–Crippen LogP) is 1.23. The zero-order valence-corrected chi connectivity index (χ0v) is 9.66. The van der Waals surface area contributed by atoms with Crippen LogP contribution in [0.2, 0.25) is 0 Å². The van der Waals surface area contributed by atoms with Gasteiger partial charge in [0, 0.05) is 19.3 Å². The Morgan fingerprint density at radius 3 is 2.75 bits per heavy atom. The molecule has 1 aromatic carbocycles. The number of anilines is 1. The number of hydrogen-bond acceptors (Lipinski definition) is 3. The molecule has 4 heteroatoms. The van der Waals surface area contributed by atoms with E-state index in [1.165, 1.54) is 0 Å². The third-order valence-electron chi connectivity index (χ3n) is 2.41. The van der Waals surface area contributed by atoms with Gasteiger partial charge < -0.3 is 15.7 Å². The number of aliphatic hydroxyl groups excluding tert-OH is 1. The van der Waals surface area contributed by atoms with E-state index in [1.54, 1.807) is 13.1 Å². The maximum absolute atomic E-state index is 11.8. The van der Waals surface area contributed by atoms with E-state index in [0.29, 0.717) is 12.0 Å². The standard InChI is InChI=1S/C12H18N2O2/c1-3-9(15)8-14-12(16)10-6-4-5-7-11(10)13-2/h4-7,9,13,15H,3,8H2,1-2H3,(H,14,16)/t9-/m1/s1. The summed E-state index contributed by atoms with van der Waals surface area (Å²) in [5.41, 5.74) is 1.37. The summed E-state index contributed by atoms with van der Waals surface area (Å²) in [5.74, 6) is -0.169. The summed E-state index contributed by atoms with van der Waals surface area (Å²) in [4.78, 5) is 11.8. The number of carbonyl (C=O) groups is 1. The third kappa shape index (κ3) is 3.24. The highest BCUT2D eigenvalue weighted by molar-refractivity contribution is 5.99. The Balaban J connectivity index is 2.65. The van der Waals surface area contributed by atoms with E-state index in [0.717, 1.165) is 5.69 Å². The van der Waals surface area contributed by atoms with Crippen molar-refractivity contribution in [3.05, 3.63) is 29.8 Å². The normalized spacial score (nSPS) is 11.9. The maximum atomic E-state index is 11.8. The molecule has 1 rings (SSSR count). The van der Waals surface area contributed by atoms with Crippen molar-refractivity contribution in [3.63, 3.8) is 0 Å². The Bertz CT molecular complexity index is 353. The van der Waals surface area contributed by atoms with E-state index in [-0.39, 0.29) is 12.5 Å². The van der Waals surface area contributed by atoms with Crippen molar-refractivity contribution in [2.45, 2.75) is 19.4 Å². The Labute approximate surface area is 95.7 Å². The van der Waals surface area contributed by atoms with E-state index in [9.17, 15) is 9.90 Å². The largest absolute Gasteiger partial charge is 0.391 e. The second-order valence-electron chi connectivity index (χ2n) is 3.57. The van der Waals surface area contributed by atoms with Gasteiger partial charge >= 0.3 is 0 Å². The zero-order chi connectivity index (χ0) is 12.0. The summed E-state index contributed by atoms with van der Waals surface area (Å²) >= 11 is 0. The van der Waals surface area contributed by atoms with Crippen LogP contribution < -0.4 is 10.6 Å². The molecule has 0 saturated carbocycles. The average molecular weight is 222 g/mol. The molecule has 0 bridgehead atoms. The number of carbonyl (C=O) groups excluding carboxylic acids is 1. The van der Waals surface area contributed by atoms with Crippen molar-refractivity contribution in [3.8, 4) is 0 Å². The first-order chi connectivity index (χ1) is 7.69. The van der Waals surface area contributed by atoms with Gasteiger partial charge in [0.2, 0.25) is 0 Å². The summed E-state index contributed by atoms with van der Waals surface area (Å²) in [7, 11) is 1.77. The average Bonchev–Trinajstić information content (AvgIpc) is 2.35. The van der Waals surface area contributed by atoms with Gasteiger partial charge in [0.15, 0.2) is 0 Å². The minimum absolute atomic E-state index is 0.169. The monoisotopic (exact) mass is 222 g/mol. The van der Waals surface area contributed by atoms with Crippen LogP contribution in [-0.4, -0.2) is 30.7 Å². The molecule has 0 radical (unpaired) electrons. The van der Waals surface area contributed by atoms with Crippen LogP contribution in [0.15, 0.2) is 24.3 Å². The fourth-order valence-corrected chi connectivity index (χ4v) is 1.35. The molecule has 0 aromatic heterocycles. The topological polar surface area (TPSA) is 61.4 Å². The third-order valence-corrected chi connectivity index (χ3v) is 2.41. The molecule has 1 atom stereocenters. The highest BCUT2D eigenvalue weighted by atomic mass is 16.3. The van der Waals surface area contributed by atoms with Crippen LogP contribution >= 0.6 is 0 Å². The van der Waals surface area contributed by atoms with E-state index in [2.05, 4.69) is 10.6 Å². The second-order valence-corrected chi connectivity index (χ2v) is 3.57. The van der Waals surface area contributed by atoms with Gasteiger partial charge in [-0.15, -0.1) is 0 Å². The molecule has 88 valence electrons. The van der Waals surface area contributed by atoms with Crippen LogP contribution in [0, 0.1) is 0 Å². The summed E-state index contributed by atoms with van der Waals surface area (Å²) in [6, 6.07) is 7.26. The number of amides is 1. The van der Waals surface area contributed by atoms with Gasteiger partial charge in [-0.25, -0.2) is 0 Å². The molecule has 0 fully saturated rings. The van der Waals surface area contributed by atoms with Crippen LogP contribution in [-0.2, 0) is 0 Å². The molecule has 16 heavy (non-hydrogen) atoms. The van der Waals surface area contributed by atoms with Crippen LogP contribution in [0.5, 0.6) is 0 Å². The second kappa shape index (κ2) is 6.12. The van der Waals surface area contributed by atoms with E-state index >= 15 is 0 Å². The summed E-state index contributed by atoms with van der Waals surface area (Å²) in [6.07, 6.45) is 0.152. The molecule has 0 aliphatic heterocycles. The molecule has 0 aliphatic carbocycles. The lowest BCUT2D eigenvalue weighted by molar-refractivity contribution is 0.0914. The lowest BCUT2D eigenvalue weighted by atomic mass is 10.1. The first-order valence-corrected chi connectivity index (χ1v) is 5.42. The summed E-state index contributed by atoms with van der Waals surface area (Å²) in [5, 5.41) is 15.0. The number of hydrogen-bond donors (Lipinski definition) is 3. The highest BCUT2D eigenvalue weighted by Crippen LogP contribution is 2.13. The van der Waals surface area contributed by atoms with Crippen molar-refractivity contribution < 1.29 is 9.90 Å². The van der Waals surface area contributed by atoms with E-state index < -0.39 is 6.10 Å². The smallest absolute Gasteiger partial charge is 0.253 e. The number of benzene rings is 1. The number of rotatable bonds is 5. The maximum Gasteiger partial charge on any atom is 0.253 e. The van der Waals surface area contributed by atoms with Gasteiger partial charge in [-0.2, -0.15) is 0 Å². The number of nitrogens with one attached hydrogen (secondary N) is 2. The molecule has 0 spiro atoms. The van der Waals surface area contributed by atoms with Crippen molar-refractivity contribution in [1.82, 2.24) is 5.32 Å². The number of para-hydroxylation sites is 1. The van der Waals surface area contributed by atoms with E-state index in [1.807, 2.05) is 25.1 Å². The Morgan fingerprint density at radius 2 is 2.12 bits per heavy atom. The molecular weight excluding hydrogens is 204 g/mol. The van der Waals surface area contributed by atoms with E-state index in [4.69, 9.17) is 0 Å². The summed E-state index contributed by atoms with van der Waals surface area (Å²) < 4.78 is 0. The summed E-state index contributed by atoms with van der Waals surface area (Å²) in [6.45, 7) is 2.16. The Kier molecular flexibility index (Phi) is 4.79. The molecule has 4 nitrogen and oxygen atoms in total. The van der Waals surface area contributed by atoms with Gasteiger partial charge in [-0.3, -0.25) is 4.79 Å². The molecule has 1 aromatic rings. The van der Waals surface area contributed by atoms with Crippen molar-refractivity contribution in [2.24, 2.45) is 0 Å². The molecule has 0 unspecified atom stereocenters. The quantitative estimate of drug-likeness (QED) is 0.702.